The summed E-state index contributed by atoms with van der Waals surface area (Å²) in [6.45, 7) is 10.9. The highest BCUT2D eigenvalue weighted by molar-refractivity contribution is 5.79. The second-order valence-electron chi connectivity index (χ2n) is 6.30. The average Bonchev–Trinajstić information content (AvgIpc) is 3.24. The lowest BCUT2D eigenvalue weighted by Gasteiger charge is -2.16. The predicted octanol–water partition coefficient (Wildman–Crippen LogP) is 1.22. The molecule has 0 bridgehead atoms. The fraction of sp³-hybridized carbons (Fsp3) is 0.941. The molecule has 1 unspecified atom stereocenters. The van der Waals surface area contributed by atoms with Crippen LogP contribution in [0.2, 0.25) is 0 Å². The molecule has 0 saturated carbocycles. The van der Waals surface area contributed by atoms with Crippen molar-refractivity contribution in [2.45, 2.75) is 45.1 Å². The van der Waals surface area contributed by atoms with Crippen LogP contribution in [0.3, 0.4) is 0 Å². The van der Waals surface area contributed by atoms with Crippen molar-refractivity contribution in [3.05, 3.63) is 0 Å². The molecule has 0 amide bonds. The third-order valence-electron chi connectivity index (χ3n) is 4.30. The zero-order chi connectivity index (χ0) is 16.2. The Bertz CT molecular complexity index is 327. The average molecular weight is 326 g/mol. The largest absolute Gasteiger partial charge is 0.379 e. The number of nitrogens with zero attached hydrogens (tertiary/aromatic N) is 2. The number of nitrogens with one attached hydrogen (secondary N) is 2. The lowest BCUT2D eigenvalue weighted by atomic mass is 10.3. The standard InChI is InChI=1S/C17H34N4O2/c1-2-18-17(19-8-5-12-21-10-3-4-11-21)20-9-6-13-23-16-7-14-22-15-16/h16H,2-15H2,1H3,(H2,18,19,20). The van der Waals surface area contributed by atoms with Gasteiger partial charge in [-0.05, 0) is 58.7 Å². The molecule has 23 heavy (non-hydrogen) atoms. The fourth-order valence-corrected chi connectivity index (χ4v) is 3.01. The van der Waals surface area contributed by atoms with E-state index in [1.807, 2.05) is 0 Å². The second kappa shape index (κ2) is 11.6. The summed E-state index contributed by atoms with van der Waals surface area (Å²) in [4.78, 5) is 7.17. The minimum Gasteiger partial charge on any atom is -0.379 e. The molecule has 134 valence electrons. The fourth-order valence-electron chi connectivity index (χ4n) is 3.01. The summed E-state index contributed by atoms with van der Waals surface area (Å²) in [5.74, 6) is 0.929. The lowest BCUT2D eigenvalue weighted by Crippen LogP contribution is -2.38. The SMILES string of the molecule is CCNC(=NCCCOC1CCOC1)NCCCN1CCCC1. The molecule has 2 saturated heterocycles. The maximum atomic E-state index is 5.76. The predicted molar refractivity (Wildman–Crippen MR) is 94.1 cm³/mol. The molecule has 1 atom stereocenters. The first-order valence-electron chi connectivity index (χ1n) is 9.32. The highest BCUT2D eigenvalue weighted by Gasteiger charge is 2.15. The van der Waals surface area contributed by atoms with Gasteiger partial charge in [-0.15, -0.1) is 0 Å². The van der Waals surface area contributed by atoms with Gasteiger partial charge < -0.3 is 25.0 Å². The topological polar surface area (TPSA) is 58.1 Å². The number of guanidine groups is 1. The van der Waals surface area contributed by atoms with E-state index in [1.165, 1.54) is 38.9 Å². The van der Waals surface area contributed by atoms with Gasteiger partial charge in [0.2, 0.25) is 0 Å². The molecule has 0 aromatic carbocycles. The molecule has 2 fully saturated rings. The van der Waals surface area contributed by atoms with Gasteiger partial charge in [-0.2, -0.15) is 0 Å². The van der Waals surface area contributed by atoms with E-state index in [9.17, 15) is 0 Å². The zero-order valence-electron chi connectivity index (χ0n) is 14.7. The van der Waals surface area contributed by atoms with Crippen LogP contribution >= 0.6 is 0 Å². The summed E-state index contributed by atoms with van der Waals surface area (Å²) in [5, 5.41) is 6.74. The Hall–Kier alpha value is -0.850. The number of aliphatic imine (C=N–C) groups is 1. The van der Waals surface area contributed by atoms with Crippen LogP contribution in [0.15, 0.2) is 4.99 Å². The summed E-state index contributed by atoms with van der Waals surface area (Å²) < 4.78 is 11.1. The molecule has 2 heterocycles. The summed E-state index contributed by atoms with van der Waals surface area (Å²) >= 11 is 0. The highest BCUT2D eigenvalue weighted by Crippen LogP contribution is 2.08. The molecule has 0 spiro atoms. The van der Waals surface area contributed by atoms with Gasteiger partial charge >= 0.3 is 0 Å². The first-order chi connectivity index (χ1) is 11.4. The number of likely N-dealkylation sites (tertiary alicyclic amines) is 1. The molecule has 0 aliphatic carbocycles. The summed E-state index contributed by atoms with van der Waals surface area (Å²) in [7, 11) is 0. The van der Waals surface area contributed by atoms with Crippen molar-refractivity contribution >= 4 is 5.96 Å². The molecular weight excluding hydrogens is 292 g/mol. The van der Waals surface area contributed by atoms with Gasteiger partial charge in [-0.25, -0.2) is 0 Å². The van der Waals surface area contributed by atoms with Crippen LogP contribution < -0.4 is 10.6 Å². The van der Waals surface area contributed by atoms with Crippen LogP contribution in [0.1, 0.15) is 39.0 Å². The van der Waals surface area contributed by atoms with Crippen molar-refractivity contribution in [1.29, 1.82) is 0 Å². The van der Waals surface area contributed by atoms with Crippen molar-refractivity contribution in [1.82, 2.24) is 15.5 Å². The van der Waals surface area contributed by atoms with Crippen molar-refractivity contribution in [2.75, 3.05) is 59.1 Å². The number of ether oxygens (including phenoxy) is 2. The van der Waals surface area contributed by atoms with Crippen molar-refractivity contribution < 1.29 is 9.47 Å². The maximum absolute atomic E-state index is 5.76. The molecule has 2 aliphatic heterocycles. The molecular formula is C17H34N4O2. The van der Waals surface area contributed by atoms with Crippen LogP contribution in [0.5, 0.6) is 0 Å². The summed E-state index contributed by atoms with van der Waals surface area (Å²) in [6.07, 6.45) is 6.20. The van der Waals surface area contributed by atoms with Crippen molar-refractivity contribution in [2.24, 2.45) is 4.99 Å². The molecule has 2 N–H and O–H groups in total. The van der Waals surface area contributed by atoms with E-state index in [2.05, 4.69) is 27.4 Å². The Kier molecular flexibility index (Phi) is 9.36. The summed E-state index contributed by atoms with van der Waals surface area (Å²) in [5.41, 5.74) is 0. The van der Waals surface area contributed by atoms with E-state index in [1.54, 1.807) is 0 Å². The first-order valence-corrected chi connectivity index (χ1v) is 9.32. The quantitative estimate of drug-likeness (QED) is 0.359. The monoisotopic (exact) mass is 326 g/mol. The van der Waals surface area contributed by atoms with Crippen molar-refractivity contribution in [3.63, 3.8) is 0 Å². The Labute approximate surface area is 141 Å². The molecule has 0 aromatic heterocycles. The molecule has 6 nitrogen and oxygen atoms in total. The van der Waals surface area contributed by atoms with Crippen molar-refractivity contribution in [3.8, 4) is 0 Å². The molecule has 0 radical (unpaired) electrons. The van der Waals surface area contributed by atoms with Gasteiger partial charge in [0.25, 0.3) is 0 Å². The smallest absolute Gasteiger partial charge is 0.191 e. The molecule has 2 aliphatic rings. The third kappa shape index (κ3) is 7.99. The van der Waals surface area contributed by atoms with Crippen LogP contribution in [-0.4, -0.2) is 76.1 Å². The number of rotatable bonds is 10. The highest BCUT2D eigenvalue weighted by atomic mass is 16.5. The van der Waals surface area contributed by atoms with E-state index in [0.717, 1.165) is 58.3 Å². The van der Waals surface area contributed by atoms with E-state index < -0.39 is 0 Å². The first kappa shape index (κ1) is 18.5. The molecule has 0 aromatic rings. The normalized spacial score (nSPS) is 22.7. The van der Waals surface area contributed by atoms with Crippen LogP contribution in [0, 0.1) is 0 Å². The number of hydrogen-bond donors (Lipinski definition) is 2. The van der Waals surface area contributed by atoms with Crippen LogP contribution in [0.4, 0.5) is 0 Å². The Balaban J connectivity index is 1.51. The summed E-state index contributed by atoms with van der Waals surface area (Å²) in [6, 6.07) is 0. The second-order valence-corrected chi connectivity index (χ2v) is 6.30. The minimum absolute atomic E-state index is 0.302. The van der Waals surface area contributed by atoms with Gasteiger partial charge in [-0.1, -0.05) is 0 Å². The third-order valence-corrected chi connectivity index (χ3v) is 4.30. The Morgan fingerprint density at radius 3 is 2.87 bits per heavy atom. The van der Waals surface area contributed by atoms with Gasteiger partial charge in [0, 0.05) is 32.8 Å². The number of hydrogen-bond acceptors (Lipinski definition) is 4. The van der Waals surface area contributed by atoms with E-state index >= 15 is 0 Å². The zero-order valence-corrected chi connectivity index (χ0v) is 14.7. The van der Waals surface area contributed by atoms with Crippen LogP contribution in [-0.2, 0) is 9.47 Å². The van der Waals surface area contributed by atoms with Crippen LogP contribution in [0.25, 0.3) is 0 Å². The van der Waals surface area contributed by atoms with Gasteiger partial charge in [-0.3, -0.25) is 4.99 Å². The van der Waals surface area contributed by atoms with Gasteiger partial charge in [0.15, 0.2) is 5.96 Å². The lowest BCUT2D eigenvalue weighted by molar-refractivity contribution is 0.0424. The maximum Gasteiger partial charge on any atom is 0.191 e. The van der Waals surface area contributed by atoms with E-state index in [4.69, 9.17) is 9.47 Å². The minimum atomic E-state index is 0.302. The van der Waals surface area contributed by atoms with Gasteiger partial charge in [0.05, 0.1) is 12.7 Å². The Morgan fingerprint density at radius 1 is 1.26 bits per heavy atom. The molecule has 2 rings (SSSR count). The van der Waals surface area contributed by atoms with Gasteiger partial charge in [0.1, 0.15) is 0 Å². The van der Waals surface area contributed by atoms with E-state index in [0.29, 0.717) is 6.10 Å². The Morgan fingerprint density at radius 2 is 2.13 bits per heavy atom. The molecule has 6 heteroatoms. The van der Waals surface area contributed by atoms with E-state index in [-0.39, 0.29) is 0 Å².